The molecule has 3 N–H and O–H groups in total. The molecule has 104 valence electrons. The molecule has 0 saturated carbocycles. The predicted octanol–water partition coefficient (Wildman–Crippen LogP) is 3.56. The fourth-order valence-corrected chi connectivity index (χ4v) is 1.57. The summed E-state index contributed by atoms with van der Waals surface area (Å²) in [6.07, 6.45) is -2.96. The van der Waals surface area contributed by atoms with Crippen LogP contribution in [0.25, 0.3) is 0 Å². The van der Waals surface area contributed by atoms with Crippen LogP contribution in [-0.2, 0) is 6.18 Å². The molecule has 0 atom stereocenters. The van der Waals surface area contributed by atoms with E-state index in [1.165, 1.54) is 24.4 Å². The second-order valence-electron chi connectivity index (χ2n) is 3.88. The zero-order valence-corrected chi connectivity index (χ0v) is 10.2. The van der Waals surface area contributed by atoms with Gasteiger partial charge in [0.2, 0.25) is 0 Å². The van der Waals surface area contributed by atoms with Crippen molar-refractivity contribution in [2.24, 2.45) is 0 Å². The maximum Gasteiger partial charge on any atom is 0.418 e. The molecule has 0 amide bonds. The number of hydrogen-bond donors (Lipinski definition) is 3. The first kappa shape index (κ1) is 13.9. The Hall–Kier alpha value is -2.57. The Kier molecular flexibility index (Phi) is 3.88. The number of benzene rings is 1. The van der Waals surface area contributed by atoms with Crippen molar-refractivity contribution in [2.45, 2.75) is 6.18 Å². The van der Waals surface area contributed by atoms with Crippen molar-refractivity contribution in [1.82, 2.24) is 4.98 Å². The average Bonchev–Trinajstić information content (AvgIpc) is 2.39. The van der Waals surface area contributed by atoms with E-state index in [9.17, 15) is 13.2 Å². The van der Waals surface area contributed by atoms with Crippen molar-refractivity contribution in [1.29, 1.82) is 5.41 Å². The molecule has 2 rings (SSSR count). The zero-order chi connectivity index (χ0) is 14.6. The lowest BCUT2D eigenvalue weighted by atomic mass is 10.1. The number of rotatable bonds is 2. The van der Waals surface area contributed by atoms with Crippen molar-refractivity contribution in [2.75, 3.05) is 10.6 Å². The third-order valence-corrected chi connectivity index (χ3v) is 2.41. The van der Waals surface area contributed by atoms with E-state index in [0.717, 1.165) is 6.07 Å². The van der Waals surface area contributed by atoms with E-state index in [1.54, 1.807) is 18.2 Å². The molecule has 0 saturated heterocycles. The molecule has 0 spiro atoms. The molecule has 0 fully saturated rings. The quantitative estimate of drug-likeness (QED) is 0.582. The smallest absolute Gasteiger partial charge is 0.326 e. The largest absolute Gasteiger partial charge is 0.418 e. The summed E-state index contributed by atoms with van der Waals surface area (Å²) in [5, 5.41) is 12.6. The summed E-state index contributed by atoms with van der Waals surface area (Å²) in [6.45, 7) is 0. The molecule has 4 nitrogen and oxygen atoms in total. The first-order valence-corrected chi connectivity index (χ1v) is 5.66. The highest BCUT2D eigenvalue weighted by Crippen LogP contribution is 2.34. The zero-order valence-electron chi connectivity index (χ0n) is 10.2. The summed E-state index contributed by atoms with van der Waals surface area (Å²) in [5.74, 6) is 0.0786. The Morgan fingerprint density at radius 3 is 2.35 bits per heavy atom. The third-order valence-electron chi connectivity index (χ3n) is 2.41. The number of nitrogens with one attached hydrogen (secondary N) is 3. The maximum atomic E-state index is 12.8. The van der Waals surface area contributed by atoms with Gasteiger partial charge in [0.1, 0.15) is 5.82 Å². The van der Waals surface area contributed by atoms with Gasteiger partial charge in [-0.25, -0.2) is 4.98 Å². The van der Waals surface area contributed by atoms with Gasteiger partial charge < -0.3 is 10.6 Å². The van der Waals surface area contributed by atoms with Gasteiger partial charge in [-0.05, 0) is 24.3 Å². The molecule has 0 aliphatic rings. The van der Waals surface area contributed by atoms with E-state index in [-0.39, 0.29) is 11.6 Å². The number of para-hydroxylation sites is 1. The Bertz CT molecular complexity index is 596. The third kappa shape index (κ3) is 3.47. The maximum absolute atomic E-state index is 12.8. The van der Waals surface area contributed by atoms with E-state index in [1.807, 2.05) is 0 Å². The molecule has 2 aromatic rings. The first-order chi connectivity index (χ1) is 9.47. The van der Waals surface area contributed by atoms with Crippen LogP contribution in [0, 0.1) is 5.41 Å². The topological polar surface area (TPSA) is 60.8 Å². The molecular weight excluding hydrogens is 269 g/mol. The van der Waals surface area contributed by atoms with E-state index in [4.69, 9.17) is 5.41 Å². The molecule has 0 aliphatic carbocycles. The normalized spacial score (nSPS) is 10.9. The summed E-state index contributed by atoms with van der Waals surface area (Å²) in [5.41, 5.74) is -1.01. The molecule has 1 aromatic carbocycles. The standard InChI is InChI=1S/C13H11F3N4/c14-13(15,16)9-5-1-2-6-10(9)19-12(17)20-11-7-3-4-8-18-11/h1-8H,(H3,17,18,19,20). The van der Waals surface area contributed by atoms with Gasteiger partial charge in [-0.15, -0.1) is 0 Å². The van der Waals surface area contributed by atoms with Crippen molar-refractivity contribution >= 4 is 17.5 Å². The number of alkyl halides is 3. The number of nitrogens with zero attached hydrogens (tertiary/aromatic N) is 1. The van der Waals surface area contributed by atoms with Crippen molar-refractivity contribution < 1.29 is 13.2 Å². The van der Waals surface area contributed by atoms with Gasteiger partial charge in [-0.2, -0.15) is 13.2 Å². The van der Waals surface area contributed by atoms with E-state index in [2.05, 4.69) is 15.6 Å². The van der Waals surface area contributed by atoms with Crippen LogP contribution in [-0.4, -0.2) is 10.9 Å². The Morgan fingerprint density at radius 1 is 1.00 bits per heavy atom. The SMILES string of the molecule is N=C(Nc1ccccn1)Nc1ccccc1C(F)(F)F. The van der Waals surface area contributed by atoms with Crippen LogP contribution in [0.5, 0.6) is 0 Å². The molecule has 0 radical (unpaired) electrons. The highest BCUT2D eigenvalue weighted by Gasteiger charge is 2.33. The fourth-order valence-electron chi connectivity index (χ4n) is 1.57. The van der Waals surface area contributed by atoms with Crippen LogP contribution < -0.4 is 10.6 Å². The molecule has 20 heavy (non-hydrogen) atoms. The first-order valence-electron chi connectivity index (χ1n) is 5.66. The van der Waals surface area contributed by atoms with E-state index < -0.39 is 11.7 Å². The summed E-state index contributed by atoms with van der Waals surface area (Å²) >= 11 is 0. The van der Waals surface area contributed by atoms with Gasteiger partial charge in [0.15, 0.2) is 5.96 Å². The van der Waals surface area contributed by atoms with E-state index in [0.29, 0.717) is 5.82 Å². The molecular formula is C13H11F3N4. The minimum atomic E-state index is -4.48. The highest BCUT2D eigenvalue weighted by molar-refractivity contribution is 6.01. The number of aromatic nitrogens is 1. The van der Waals surface area contributed by atoms with Crippen molar-refractivity contribution in [3.8, 4) is 0 Å². The number of pyridine rings is 1. The summed E-state index contributed by atoms with van der Waals surface area (Å²) < 4.78 is 38.3. The lowest BCUT2D eigenvalue weighted by Gasteiger charge is -2.15. The Morgan fingerprint density at radius 2 is 1.70 bits per heavy atom. The second kappa shape index (κ2) is 5.60. The molecule has 7 heteroatoms. The van der Waals surface area contributed by atoms with Crippen LogP contribution >= 0.6 is 0 Å². The van der Waals surface area contributed by atoms with Gasteiger partial charge in [-0.3, -0.25) is 5.41 Å². The molecule has 1 aromatic heterocycles. The van der Waals surface area contributed by atoms with Crippen molar-refractivity contribution in [3.05, 3.63) is 54.2 Å². The Balaban J connectivity index is 2.13. The lowest BCUT2D eigenvalue weighted by molar-refractivity contribution is -0.136. The van der Waals surface area contributed by atoms with Gasteiger partial charge in [0, 0.05) is 6.20 Å². The molecule has 0 aliphatic heterocycles. The number of anilines is 2. The summed E-state index contributed by atoms with van der Waals surface area (Å²) in [7, 11) is 0. The van der Waals surface area contributed by atoms with Gasteiger partial charge >= 0.3 is 6.18 Å². The number of halogens is 3. The van der Waals surface area contributed by atoms with Crippen LogP contribution in [0.3, 0.4) is 0 Å². The van der Waals surface area contributed by atoms with Gasteiger partial charge in [-0.1, -0.05) is 18.2 Å². The highest BCUT2D eigenvalue weighted by atomic mass is 19.4. The summed E-state index contributed by atoms with van der Waals surface area (Å²) in [4.78, 5) is 3.92. The monoisotopic (exact) mass is 280 g/mol. The van der Waals surface area contributed by atoms with Gasteiger partial charge in [0.05, 0.1) is 11.3 Å². The molecule has 0 bridgehead atoms. The minimum absolute atomic E-state index is 0.187. The van der Waals surface area contributed by atoms with Crippen LogP contribution in [0.15, 0.2) is 48.7 Å². The average molecular weight is 280 g/mol. The predicted molar refractivity (Wildman–Crippen MR) is 70.7 cm³/mol. The lowest BCUT2D eigenvalue weighted by Crippen LogP contribution is -2.23. The number of guanidine groups is 1. The second-order valence-corrected chi connectivity index (χ2v) is 3.88. The number of hydrogen-bond acceptors (Lipinski definition) is 2. The van der Waals surface area contributed by atoms with Crippen LogP contribution in [0.1, 0.15) is 5.56 Å². The molecule has 1 heterocycles. The Labute approximate surface area is 113 Å². The minimum Gasteiger partial charge on any atom is -0.326 e. The van der Waals surface area contributed by atoms with Crippen LogP contribution in [0.4, 0.5) is 24.7 Å². The fraction of sp³-hybridized carbons (Fsp3) is 0.0769. The molecule has 0 unspecified atom stereocenters. The summed E-state index contributed by atoms with van der Waals surface area (Å²) in [6, 6.07) is 9.97. The van der Waals surface area contributed by atoms with Crippen LogP contribution in [0.2, 0.25) is 0 Å². The van der Waals surface area contributed by atoms with Crippen molar-refractivity contribution in [3.63, 3.8) is 0 Å². The van der Waals surface area contributed by atoms with E-state index >= 15 is 0 Å². The van der Waals surface area contributed by atoms with Gasteiger partial charge in [0.25, 0.3) is 0 Å².